The average Bonchev–Trinajstić information content (AvgIpc) is 2.89. The minimum atomic E-state index is -0.266. The molecule has 2 aromatic rings. The number of nitrogens with zero attached hydrogens (tertiary/aromatic N) is 1. The molecule has 1 aliphatic rings. The molecule has 186 valence electrons. The Morgan fingerprint density at radius 1 is 1.06 bits per heavy atom. The van der Waals surface area contributed by atoms with Crippen LogP contribution >= 0.6 is 11.8 Å². The van der Waals surface area contributed by atoms with E-state index < -0.39 is 0 Å². The molecule has 0 spiro atoms. The van der Waals surface area contributed by atoms with Gasteiger partial charge in [0.15, 0.2) is 0 Å². The first-order valence-electron chi connectivity index (χ1n) is 12.6. The first-order chi connectivity index (χ1) is 17.0. The molecular weight excluding hydrogens is 454 g/mol. The summed E-state index contributed by atoms with van der Waals surface area (Å²) in [6.07, 6.45) is 5.44. The van der Waals surface area contributed by atoms with Gasteiger partial charge in [-0.15, -0.1) is 11.8 Å². The van der Waals surface area contributed by atoms with Gasteiger partial charge in [0.2, 0.25) is 5.91 Å². The van der Waals surface area contributed by atoms with Crippen molar-refractivity contribution in [3.8, 4) is 11.1 Å². The number of benzene rings is 2. The van der Waals surface area contributed by atoms with Gasteiger partial charge in [-0.05, 0) is 78.5 Å². The van der Waals surface area contributed by atoms with Crippen molar-refractivity contribution in [2.75, 3.05) is 19.7 Å². The second kappa shape index (κ2) is 13.3. The number of piperidine rings is 1. The van der Waals surface area contributed by atoms with Crippen LogP contribution in [0.5, 0.6) is 0 Å². The maximum Gasteiger partial charge on any atom is 0.334 e. The fourth-order valence-corrected chi connectivity index (χ4v) is 5.39. The molecule has 0 aliphatic carbocycles. The molecule has 0 radical (unpaired) electrons. The highest BCUT2D eigenvalue weighted by atomic mass is 32.2. The van der Waals surface area contributed by atoms with Crippen LogP contribution in [0.3, 0.4) is 0 Å². The first-order valence-corrected chi connectivity index (χ1v) is 13.5. The molecule has 1 aliphatic heterocycles. The summed E-state index contributed by atoms with van der Waals surface area (Å²) in [6, 6.07) is 16.9. The minimum absolute atomic E-state index is 0.189. The largest absolute Gasteiger partial charge is 0.463 e. The number of esters is 1. The van der Waals surface area contributed by atoms with Gasteiger partial charge >= 0.3 is 5.97 Å². The highest BCUT2D eigenvalue weighted by Gasteiger charge is 2.25. The Balaban J connectivity index is 1.59. The summed E-state index contributed by atoms with van der Waals surface area (Å²) in [6.45, 7) is 9.70. The van der Waals surface area contributed by atoms with Crippen molar-refractivity contribution in [3.05, 3.63) is 81.6 Å². The molecule has 0 saturated carbocycles. The molecule has 3 rings (SSSR count). The standard InChI is InChI=1S/C30H37NO3S/c1-5-23-12-14-24(15-13-23)27-11-9-8-10-26(27)20-29(32)31-18-16-25(17-19-31)28(6-2)35-21-22(4)30(33)34-7-3/h6,8-15,21,25H,5,7,16-20H2,1-4H3/b22-21+,28-6?. The van der Waals surface area contributed by atoms with E-state index in [0.717, 1.165) is 49.0 Å². The lowest BCUT2D eigenvalue weighted by molar-refractivity contribution is -0.138. The number of hydrogen-bond donors (Lipinski definition) is 0. The minimum Gasteiger partial charge on any atom is -0.463 e. The number of ether oxygens (including phenoxy) is 1. The predicted octanol–water partition coefficient (Wildman–Crippen LogP) is 6.80. The summed E-state index contributed by atoms with van der Waals surface area (Å²) in [5.74, 6) is 0.330. The van der Waals surface area contributed by atoms with Crippen LogP contribution in [0.1, 0.15) is 51.7 Å². The van der Waals surface area contributed by atoms with Gasteiger partial charge in [0.05, 0.1) is 13.0 Å². The maximum atomic E-state index is 13.2. The lowest BCUT2D eigenvalue weighted by Gasteiger charge is -2.33. The molecular formula is C30H37NO3S. The van der Waals surface area contributed by atoms with Gasteiger partial charge in [0.1, 0.15) is 0 Å². The van der Waals surface area contributed by atoms with E-state index in [1.165, 1.54) is 10.5 Å². The van der Waals surface area contributed by atoms with Crippen LogP contribution < -0.4 is 0 Å². The van der Waals surface area contributed by atoms with Crippen LogP contribution in [0, 0.1) is 5.92 Å². The van der Waals surface area contributed by atoms with Crippen molar-refractivity contribution < 1.29 is 14.3 Å². The van der Waals surface area contributed by atoms with Crippen molar-refractivity contribution in [2.24, 2.45) is 5.92 Å². The van der Waals surface area contributed by atoms with E-state index in [4.69, 9.17) is 4.74 Å². The van der Waals surface area contributed by atoms with E-state index in [1.54, 1.807) is 18.7 Å². The highest BCUT2D eigenvalue weighted by molar-refractivity contribution is 8.05. The number of carbonyl (C=O) groups is 2. The monoisotopic (exact) mass is 491 g/mol. The van der Waals surface area contributed by atoms with Crippen molar-refractivity contribution in [2.45, 2.75) is 53.4 Å². The number of rotatable bonds is 9. The molecule has 0 unspecified atom stereocenters. The Morgan fingerprint density at radius 3 is 2.37 bits per heavy atom. The molecule has 1 heterocycles. The SMILES string of the molecule is CC=C(S/C=C(\C)C(=O)OCC)C1CCN(C(=O)Cc2ccccc2-c2ccc(CC)cc2)CC1. The molecule has 0 N–H and O–H groups in total. The van der Waals surface area contributed by atoms with Crippen LogP contribution in [-0.2, 0) is 27.2 Å². The summed E-state index contributed by atoms with van der Waals surface area (Å²) in [7, 11) is 0. The number of carbonyl (C=O) groups excluding carboxylic acids is 2. The van der Waals surface area contributed by atoms with Crippen molar-refractivity contribution in [3.63, 3.8) is 0 Å². The van der Waals surface area contributed by atoms with Gasteiger partial charge in [-0.3, -0.25) is 4.79 Å². The molecule has 0 atom stereocenters. The number of likely N-dealkylation sites (tertiary alicyclic amines) is 1. The summed E-state index contributed by atoms with van der Waals surface area (Å²) in [4.78, 5) is 28.3. The predicted molar refractivity (Wildman–Crippen MR) is 146 cm³/mol. The van der Waals surface area contributed by atoms with Gasteiger partial charge in [0, 0.05) is 18.7 Å². The zero-order valence-electron chi connectivity index (χ0n) is 21.4. The highest BCUT2D eigenvalue weighted by Crippen LogP contribution is 2.34. The summed E-state index contributed by atoms with van der Waals surface area (Å²) in [5, 5.41) is 1.88. The zero-order valence-corrected chi connectivity index (χ0v) is 22.2. The Morgan fingerprint density at radius 2 is 1.74 bits per heavy atom. The van der Waals surface area contributed by atoms with Crippen molar-refractivity contribution >= 4 is 23.6 Å². The molecule has 1 fully saturated rings. The van der Waals surface area contributed by atoms with Gasteiger partial charge < -0.3 is 9.64 Å². The van der Waals surface area contributed by atoms with Gasteiger partial charge in [0.25, 0.3) is 0 Å². The summed E-state index contributed by atoms with van der Waals surface area (Å²) < 4.78 is 5.07. The van der Waals surface area contributed by atoms with Gasteiger partial charge in [-0.2, -0.15) is 0 Å². The van der Waals surface area contributed by atoms with Crippen LogP contribution in [0.25, 0.3) is 11.1 Å². The molecule has 0 aromatic heterocycles. The Kier molecular flexibility index (Phi) is 10.2. The second-order valence-electron chi connectivity index (χ2n) is 8.87. The third kappa shape index (κ3) is 7.35. The first kappa shape index (κ1) is 26.8. The van der Waals surface area contributed by atoms with Crippen molar-refractivity contribution in [1.82, 2.24) is 4.90 Å². The fraction of sp³-hybridized carbons (Fsp3) is 0.400. The number of allylic oxidation sites excluding steroid dienone is 2. The van der Waals surface area contributed by atoms with Crippen LogP contribution in [0.4, 0.5) is 0 Å². The summed E-state index contributed by atoms with van der Waals surface area (Å²) >= 11 is 1.60. The third-order valence-electron chi connectivity index (χ3n) is 6.54. The van der Waals surface area contributed by atoms with E-state index in [2.05, 4.69) is 49.4 Å². The second-order valence-corrected chi connectivity index (χ2v) is 9.81. The molecule has 1 saturated heterocycles. The molecule has 2 aromatic carbocycles. The van der Waals surface area contributed by atoms with Crippen LogP contribution in [0.2, 0.25) is 0 Å². The van der Waals surface area contributed by atoms with E-state index in [1.807, 2.05) is 36.3 Å². The van der Waals surface area contributed by atoms with Crippen LogP contribution in [0.15, 0.2) is 70.5 Å². The number of amides is 1. The molecule has 4 nitrogen and oxygen atoms in total. The topological polar surface area (TPSA) is 46.6 Å². The summed E-state index contributed by atoms with van der Waals surface area (Å²) in [5.41, 5.74) is 5.30. The van der Waals surface area contributed by atoms with Crippen molar-refractivity contribution in [1.29, 1.82) is 0 Å². The van der Waals surface area contributed by atoms with E-state index in [9.17, 15) is 9.59 Å². The molecule has 0 bridgehead atoms. The number of hydrogen-bond acceptors (Lipinski definition) is 4. The van der Waals surface area contributed by atoms with E-state index in [0.29, 0.717) is 24.5 Å². The fourth-order valence-electron chi connectivity index (χ4n) is 4.41. The van der Waals surface area contributed by atoms with Gasteiger partial charge in [-0.1, -0.05) is 61.5 Å². The van der Waals surface area contributed by atoms with E-state index >= 15 is 0 Å². The van der Waals surface area contributed by atoms with Crippen LogP contribution in [-0.4, -0.2) is 36.5 Å². The third-order valence-corrected chi connectivity index (χ3v) is 7.85. The average molecular weight is 492 g/mol. The lowest BCUT2D eigenvalue weighted by atomic mass is 9.94. The maximum absolute atomic E-state index is 13.2. The number of thioether (sulfide) groups is 1. The Hall–Kier alpha value is -2.79. The quantitative estimate of drug-likeness (QED) is 0.286. The van der Waals surface area contributed by atoms with Gasteiger partial charge in [-0.25, -0.2) is 4.79 Å². The molecule has 5 heteroatoms. The zero-order chi connectivity index (χ0) is 25.2. The molecule has 1 amide bonds. The normalized spacial score (nSPS) is 15.3. The van der Waals surface area contributed by atoms with E-state index in [-0.39, 0.29) is 11.9 Å². The number of aryl methyl sites for hydroxylation is 1. The molecule has 35 heavy (non-hydrogen) atoms. The lowest BCUT2D eigenvalue weighted by Crippen LogP contribution is -2.39. The smallest absolute Gasteiger partial charge is 0.334 e. The Bertz CT molecular complexity index is 1060. The Labute approximate surface area is 214 Å².